The standard InChI is InChI=1S/C12H10BrNOS/c1-8-5-11(16-12(8)13)10(15)6-9-3-2-4-14-7-9/h2-5,7H,6H2,1H3. The predicted molar refractivity (Wildman–Crippen MR) is 69.0 cm³/mol. The number of aromatic nitrogens is 1. The zero-order chi connectivity index (χ0) is 11.5. The monoisotopic (exact) mass is 295 g/mol. The highest BCUT2D eigenvalue weighted by atomic mass is 79.9. The van der Waals surface area contributed by atoms with Gasteiger partial charge in [-0.25, -0.2) is 0 Å². The molecule has 0 spiro atoms. The van der Waals surface area contributed by atoms with Gasteiger partial charge in [0.1, 0.15) is 0 Å². The van der Waals surface area contributed by atoms with Crippen molar-refractivity contribution < 1.29 is 4.79 Å². The topological polar surface area (TPSA) is 30.0 Å². The molecule has 4 heteroatoms. The molecule has 2 nitrogen and oxygen atoms in total. The van der Waals surface area contributed by atoms with Gasteiger partial charge >= 0.3 is 0 Å². The first-order valence-electron chi connectivity index (χ1n) is 4.85. The Balaban J connectivity index is 2.15. The summed E-state index contributed by atoms with van der Waals surface area (Å²) >= 11 is 4.91. The summed E-state index contributed by atoms with van der Waals surface area (Å²) in [5.74, 6) is 0.145. The Morgan fingerprint density at radius 3 is 2.94 bits per heavy atom. The number of hydrogen-bond acceptors (Lipinski definition) is 3. The van der Waals surface area contributed by atoms with E-state index in [1.54, 1.807) is 12.4 Å². The van der Waals surface area contributed by atoms with Gasteiger partial charge < -0.3 is 0 Å². The van der Waals surface area contributed by atoms with Crippen LogP contribution in [0.15, 0.2) is 34.4 Å². The summed E-state index contributed by atoms with van der Waals surface area (Å²) in [5, 5.41) is 0. The molecule has 82 valence electrons. The number of nitrogens with zero attached hydrogens (tertiary/aromatic N) is 1. The molecule has 0 aliphatic carbocycles. The molecule has 0 unspecified atom stereocenters. The first kappa shape index (κ1) is 11.5. The number of thiophene rings is 1. The molecule has 0 saturated heterocycles. The number of carbonyl (C=O) groups excluding carboxylic acids is 1. The number of Topliss-reactive ketones (excluding diaryl/α,β-unsaturated/α-hetero) is 1. The number of pyridine rings is 1. The molecule has 2 aromatic heterocycles. The van der Waals surface area contributed by atoms with Gasteiger partial charge in [0, 0.05) is 18.8 Å². The van der Waals surface area contributed by atoms with Gasteiger partial charge in [0.05, 0.1) is 8.66 Å². The van der Waals surface area contributed by atoms with Gasteiger partial charge in [-0.15, -0.1) is 11.3 Å². The van der Waals surface area contributed by atoms with Crippen molar-refractivity contribution in [2.75, 3.05) is 0 Å². The third-order valence-electron chi connectivity index (χ3n) is 2.22. The molecule has 0 amide bonds. The van der Waals surface area contributed by atoms with Gasteiger partial charge in [-0.05, 0) is 46.1 Å². The lowest BCUT2D eigenvalue weighted by Gasteiger charge is -1.97. The Hall–Kier alpha value is -1.00. The average molecular weight is 296 g/mol. The number of ketones is 1. The minimum Gasteiger partial charge on any atom is -0.293 e. The second-order valence-corrected chi connectivity index (χ2v) is 5.90. The molecule has 0 bridgehead atoms. The second kappa shape index (κ2) is 4.89. The summed E-state index contributed by atoms with van der Waals surface area (Å²) in [6.45, 7) is 1.99. The maximum absolute atomic E-state index is 11.9. The first-order chi connectivity index (χ1) is 7.66. The molecule has 2 rings (SSSR count). The van der Waals surface area contributed by atoms with Crippen LogP contribution in [0.1, 0.15) is 20.8 Å². The van der Waals surface area contributed by atoms with Gasteiger partial charge in [-0.1, -0.05) is 6.07 Å². The molecule has 2 heterocycles. The van der Waals surface area contributed by atoms with Gasteiger partial charge in [0.25, 0.3) is 0 Å². The maximum atomic E-state index is 11.9. The minimum absolute atomic E-state index is 0.145. The van der Waals surface area contributed by atoms with E-state index in [0.29, 0.717) is 6.42 Å². The lowest BCUT2D eigenvalue weighted by atomic mass is 10.1. The van der Waals surface area contributed by atoms with Crippen molar-refractivity contribution in [2.24, 2.45) is 0 Å². The zero-order valence-electron chi connectivity index (χ0n) is 8.74. The molecule has 0 N–H and O–H groups in total. The molecule has 0 aliphatic heterocycles. The fourth-order valence-electron chi connectivity index (χ4n) is 1.37. The van der Waals surface area contributed by atoms with Crippen LogP contribution in [0.25, 0.3) is 0 Å². The molecule has 0 aromatic carbocycles. The van der Waals surface area contributed by atoms with Gasteiger partial charge in [0.15, 0.2) is 5.78 Å². The van der Waals surface area contributed by atoms with Crippen LogP contribution in [-0.2, 0) is 6.42 Å². The molecule has 16 heavy (non-hydrogen) atoms. The third-order valence-corrected chi connectivity index (χ3v) is 4.40. The van der Waals surface area contributed by atoms with Gasteiger partial charge in [-0.3, -0.25) is 9.78 Å². The molecule has 0 aliphatic rings. The van der Waals surface area contributed by atoms with E-state index < -0.39 is 0 Å². The molecular weight excluding hydrogens is 286 g/mol. The van der Waals surface area contributed by atoms with Crippen LogP contribution in [0.2, 0.25) is 0 Å². The Labute approximate surface area is 106 Å². The molecular formula is C12H10BrNOS. The summed E-state index contributed by atoms with van der Waals surface area (Å²) in [5.41, 5.74) is 2.06. The van der Waals surface area contributed by atoms with E-state index in [2.05, 4.69) is 20.9 Å². The molecule has 2 aromatic rings. The third kappa shape index (κ3) is 2.57. The van der Waals surface area contributed by atoms with E-state index in [0.717, 1.165) is 19.8 Å². The van der Waals surface area contributed by atoms with Crippen molar-refractivity contribution in [2.45, 2.75) is 13.3 Å². The summed E-state index contributed by atoms with van der Waals surface area (Å²) in [7, 11) is 0. The fraction of sp³-hybridized carbons (Fsp3) is 0.167. The van der Waals surface area contributed by atoms with Gasteiger partial charge in [0.2, 0.25) is 0 Å². The fourth-order valence-corrected chi connectivity index (χ4v) is 2.84. The average Bonchev–Trinajstić information content (AvgIpc) is 2.61. The van der Waals surface area contributed by atoms with Crippen molar-refractivity contribution in [3.63, 3.8) is 0 Å². The number of carbonyl (C=O) groups is 1. The molecule has 0 saturated carbocycles. The maximum Gasteiger partial charge on any atom is 0.177 e. The van der Waals surface area contributed by atoms with E-state index in [1.165, 1.54) is 11.3 Å². The van der Waals surface area contributed by atoms with Crippen LogP contribution in [0.5, 0.6) is 0 Å². The van der Waals surface area contributed by atoms with Crippen molar-refractivity contribution >= 4 is 33.0 Å². The van der Waals surface area contributed by atoms with E-state index >= 15 is 0 Å². The Bertz CT molecular complexity index is 487. The highest BCUT2D eigenvalue weighted by Crippen LogP contribution is 2.28. The minimum atomic E-state index is 0.145. The lowest BCUT2D eigenvalue weighted by molar-refractivity contribution is 0.0996. The van der Waals surface area contributed by atoms with Crippen molar-refractivity contribution in [3.05, 3.63) is 50.4 Å². The highest BCUT2D eigenvalue weighted by Gasteiger charge is 2.11. The summed E-state index contributed by atoms with van der Waals surface area (Å²) in [6.07, 6.45) is 3.85. The largest absolute Gasteiger partial charge is 0.293 e. The van der Waals surface area contributed by atoms with E-state index in [-0.39, 0.29) is 5.78 Å². The SMILES string of the molecule is Cc1cc(C(=O)Cc2cccnc2)sc1Br. The Morgan fingerprint density at radius 2 is 2.38 bits per heavy atom. The van der Waals surface area contributed by atoms with Crippen LogP contribution in [0.3, 0.4) is 0 Å². The molecule has 0 atom stereocenters. The zero-order valence-corrected chi connectivity index (χ0v) is 11.1. The summed E-state index contributed by atoms with van der Waals surface area (Å²) in [6, 6.07) is 5.69. The lowest BCUT2D eigenvalue weighted by Crippen LogP contribution is -2.01. The van der Waals surface area contributed by atoms with Crippen LogP contribution in [0.4, 0.5) is 0 Å². The van der Waals surface area contributed by atoms with Crippen LogP contribution in [0, 0.1) is 6.92 Å². The first-order valence-corrected chi connectivity index (χ1v) is 6.46. The van der Waals surface area contributed by atoms with Crippen molar-refractivity contribution in [1.29, 1.82) is 0 Å². The quantitative estimate of drug-likeness (QED) is 0.809. The number of rotatable bonds is 3. The smallest absolute Gasteiger partial charge is 0.177 e. The Kier molecular flexibility index (Phi) is 3.51. The summed E-state index contributed by atoms with van der Waals surface area (Å²) in [4.78, 5) is 16.7. The number of hydrogen-bond donors (Lipinski definition) is 0. The van der Waals surface area contributed by atoms with E-state index in [4.69, 9.17) is 0 Å². The van der Waals surface area contributed by atoms with E-state index in [1.807, 2.05) is 25.1 Å². The normalized spacial score (nSPS) is 10.4. The highest BCUT2D eigenvalue weighted by molar-refractivity contribution is 9.11. The number of aryl methyl sites for hydroxylation is 1. The summed E-state index contributed by atoms with van der Waals surface area (Å²) < 4.78 is 1.03. The molecule has 0 radical (unpaired) electrons. The Morgan fingerprint density at radius 1 is 1.56 bits per heavy atom. The van der Waals surface area contributed by atoms with Crippen LogP contribution >= 0.6 is 27.3 Å². The van der Waals surface area contributed by atoms with Gasteiger partial charge in [-0.2, -0.15) is 0 Å². The predicted octanol–water partition coefficient (Wildman–Crippen LogP) is 3.64. The number of halogens is 1. The van der Waals surface area contributed by atoms with Crippen molar-refractivity contribution in [1.82, 2.24) is 4.98 Å². The van der Waals surface area contributed by atoms with E-state index in [9.17, 15) is 4.79 Å². The van der Waals surface area contributed by atoms with Crippen LogP contribution in [-0.4, -0.2) is 10.8 Å². The molecule has 0 fully saturated rings. The van der Waals surface area contributed by atoms with Crippen molar-refractivity contribution in [3.8, 4) is 0 Å². The second-order valence-electron chi connectivity index (χ2n) is 3.53. The van der Waals surface area contributed by atoms with Crippen LogP contribution < -0.4 is 0 Å².